The molecule has 2 rings (SSSR count). The third kappa shape index (κ3) is 5.30. The van der Waals surface area contributed by atoms with E-state index in [0.717, 1.165) is 25.3 Å². The number of thioether (sulfide) groups is 1. The lowest BCUT2D eigenvalue weighted by Gasteiger charge is -2.34. The highest BCUT2D eigenvalue weighted by Gasteiger charge is 2.31. The number of carbonyl (C=O) groups is 2. The molecule has 1 aromatic heterocycles. The molecule has 0 bridgehead atoms. The van der Waals surface area contributed by atoms with Gasteiger partial charge in [0.2, 0.25) is 11.8 Å². The van der Waals surface area contributed by atoms with Crippen LogP contribution in [0.4, 0.5) is 0 Å². The summed E-state index contributed by atoms with van der Waals surface area (Å²) < 4.78 is 0. The van der Waals surface area contributed by atoms with Crippen molar-refractivity contribution < 1.29 is 9.59 Å². The molecule has 0 radical (unpaired) electrons. The van der Waals surface area contributed by atoms with Gasteiger partial charge >= 0.3 is 0 Å². The van der Waals surface area contributed by atoms with Crippen molar-refractivity contribution in [2.24, 2.45) is 0 Å². The molecule has 2 N–H and O–H groups in total. The summed E-state index contributed by atoms with van der Waals surface area (Å²) in [7, 11) is 0. The second-order valence-corrected chi connectivity index (χ2v) is 7.27. The molecule has 0 saturated carbocycles. The molecule has 0 spiro atoms. The minimum absolute atomic E-state index is 0.0398. The Balaban J connectivity index is 1.86. The molecule has 22 heavy (non-hydrogen) atoms. The van der Waals surface area contributed by atoms with Crippen LogP contribution in [0.15, 0.2) is 17.5 Å². The van der Waals surface area contributed by atoms with Crippen LogP contribution in [0.1, 0.15) is 17.7 Å². The quantitative estimate of drug-likeness (QED) is 0.700. The Morgan fingerprint density at radius 1 is 1.59 bits per heavy atom. The molecular weight excluding hydrogens is 318 g/mol. The highest BCUT2D eigenvalue weighted by Crippen LogP contribution is 2.17. The van der Waals surface area contributed by atoms with Crippen molar-refractivity contribution in [3.8, 4) is 0 Å². The predicted molar refractivity (Wildman–Crippen MR) is 92.2 cm³/mol. The molecule has 1 aliphatic rings. The van der Waals surface area contributed by atoms with Gasteiger partial charge in [-0.1, -0.05) is 6.07 Å². The smallest absolute Gasteiger partial charge is 0.237 e. The number of nitrogens with one attached hydrogen (secondary N) is 2. The lowest BCUT2D eigenvalue weighted by Crippen LogP contribution is -2.56. The summed E-state index contributed by atoms with van der Waals surface area (Å²) in [6.07, 6.45) is 3.25. The number of carbonyl (C=O) groups excluding carboxylic acids is 2. The molecule has 1 fully saturated rings. The van der Waals surface area contributed by atoms with Crippen LogP contribution in [-0.4, -0.2) is 54.4 Å². The fourth-order valence-electron chi connectivity index (χ4n) is 2.47. The molecule has 2 heterocycles. The van der Waals surface area contributed by atoms with E-state index in [0.29, 0.717) is 13.1 Å². The maximum atomic E-state index is 12.1. The SMILES string of the molecule is CSCCCNC(=O)CC1C(=O)NCCN1Cc1cccs1. The normalized spacial score (nSPS) is 19.0. The van der Waals surface area contributed by atoms with Crippen molar-refractivity contribution in [1.82, 2.24) is 15.5 Å². The fraction of sp³-hybridized carbons (Fsp3) is 0.600. The summed E-state index contributed by atoms with van der Waals surface area (Å²) in [5.74, 6) is 0.954. The van der Waals surface area contributed by atoms with Crippen molar-refractivity contribution in [2.45, 2.75) is 25.4 Å². The van der Waals surface area contributed by atoms with E-state index in [1.807, 2.05) is 11.4 Å². The van der Waals surface area contributed by atoms with Crippen LogP contribution in [0, 0.1) is 0 Å². The topological polar surface area (TPSA) is 61.4 Å². The van der Waals surface area contributed by atoms with Crippen LogP contribution in [0.3, 0.4) is 0 Å². The number of thiophene rings is 1. The first kappa shape index (κ1) is 17.3. The van der Waals surface area contributed by atoms with E-state index in [1.54, 1.807) is 23.1 Å². The zero-order valence-corrected chi connectivity index (χ0v) is 14.5. The highest BCUT2D eigenvalue weighted by molar-refractivity contribution is 7.98. The standard InChI is InChI=1S/C15H23N3O2S2/c1-21-8-3-5-16-14(19)10-13-15(20)17-6-7-18(13)11-12-4-2-9-22-12/h2,4,9,13H,3,5-8,10-11H2,1H3,(H,16,19)(H,17,20). The Morgan fingerprint density at radius 3 is 3.18 bits per heavy atom. The molecule has 1 unspecified atom stereocenters. The van der Waals surface area contributed by atoms with Crippen LogP contribution < -0.4 is 10.6 Å². The van der Waals surface area contributed by atoms with Gasteiger partial charge in [0.15, 0.2) is 0 Å². The van der Waals surface area contributed by atoms with Crippen LogP contribution in [0.5, 0.6) is 0 Å². The number of hydrogen-bond donors (Lipinski definition) is 2. The molecular formula is C15H23N3O2S2. The minimum atomic E-state index is -0.364. The summed E-state index contributed by atoms with van der Waals surface area (Å²) in [5, 5.41) is 7.81. The maximum absolute atomic E-state index is 12.1. The van der Waals surface area contributed by atoms with Gasteiger partial charge in [-0.3, -0.25) is 14.5 Å². The molecule has 0 aromatic carbocycles. The van der Waals surface area contributed by atoms with Crippen molar-refractivity contribution >= 4 is 34.9 Å². The number of amides is 2. The Labute approximate surface area is 139 Å². The van der Waals surface area contributed by atoms with Crippen molar-refractivity contribution in [2.75, 3.05) is 31.6 Å². The first-order chi connectivity index (χ1) is 10.7. The first-order valence-electron chi connectivity index (χ1n) is 7.50. The monoisotopic (exact) mass is 341 g/mol. The molecule has 2 amide bonds. The molecule has 122 valence electrons. The third-order valence-electron chi connectivity index (χ3n) is 3.61. The van der Waals surface area contributed by atoms with E-state index in [-0.39, 0.29) is 24.3 Å². The average molecular weight is 342 g/mol. The van der Waals surface area contributed by atoms with Gasteiger partial charge in [0.1, 0.15) is 0 Å². The molecule has 0 aliphatic carbocycles. The van der Waals surface area contributed by atoms with E-state index in [9.17, 15) is 9.59 Å². The Kier molecular flexibility index (Phi) is 7.21. The van der Waals surface area contributed by atoms with E-state index in [4.69, 9.17) is 0 Å². The summed E-state index contributed by atoms with van der Waals surface area (Å²) in [6, 6.07) is 3.71. The van der Waals surface area contributed by atoms with Crippen LogP contribution in [0.25, 0.3) is 0 Å². The summed E-state index contributed by atoms with van der Waals surface area (Å²) in [6.45, 7) is 2.85. The Bertz CT molecular complexity index is 479. The predicted octanol–water partition coefficient (Wildman–Crippen LogP) is 1.31. The molecule has 5 nitrogen and oxygen atoms in total. The van der Waals surface area contributed by atoms with Gasteiger partial charge < -0.3 is 10.6 Å². The van der Waals surface area contributed by atoms with Crippen LogP contribution >= 0.6 is 23.1 Å². The second-order valence-electron chi connectivity index (χ2n) is 5.26. The van der Waals surface area contributed by atoms with Gasteiger partial charge in [0.25, 0.3) is 0 Å². The van der Waals surface area contributed by atoms with Gasteiger partial charge in [-0.05, 0) is 29.9 Å². The van der Waals surface area contributed by atoms with E-state index in [1.165, 1.54) is 4.88 Å². The van der Waals surface area contributed by atoms with Gasteiger partial charge in [-0.25, -0.2) is 0 Å². The summed E-state index contributed by atoms with van der Waals surface area (Å²) in [4.78, 5) is 27.5. The molecule has 1 aliphatic heterocycles. The fourth-order valence-corrected chi connectivity index (χ4v) is 3.63. The third-order valence-corrected chi connectivity index (χ3v) is 5.16. The zero-order valence-electron chi connectivity index (χ0n) is 12.8. The minimum Gasteiger partial charge on any atom is -0.356 e. The van der Waals surface area contributed by atoms with Gasteiger partial charge in [0.05, 0.1) is 12.5 Å². The first-order valence-corrected chi connectivity index (χ1v) is 9.78. The van der Waals surface area contributed by atoms with E-state index < -0.39 is 0 Å². The Morgan fingerprint density at radius 2 is 2.45 bits per heavy atom. The highest BCUT2D eigenvalue weighted by atomic mass is 32.2. The largest absolute Gasteiger partial charge is 0.356 e. The molecule has 1 saturated heterocycles. The number of nitrogens with zero attached hydrogens (tertiary/aromatic N) is 1. The second kappa shape index (κ2) is 9.17. The number of piperazine rings is 1. The number of rotatable bonds is 8. The summed E-state index contributed by atoms with van der Waals surface area (Å²) in [5.41, 5.74) is 0. The van der Waals surface area contributed by atoms with E-state index in [2.05, 4.69) is 27.9 Å². The average Bonchev–Trinajstić information content (AvgIpc) is 3.00. The maximum Gasteiger partial charge on any atom is 0.237 e. The van der Waals surface area contributed by atoms with E-state index >= 15 is 0 Å². The Hall–Kier alpha value is -1.05. The number of hydrogen-bond acceptors (Lipinski definition) is 5. The van der Waals surface area contributed by atoms with Crippen LogP contribution in [-0.2, 0) is 16.1 Å². The van der Waals surface area contributed by atoms with Crippen molar-refractivity contribution in [1.29, 1.82) is 0 Å². The van der Waals surface area contributed by atoms with Crippen LogP contribution in [0.2, 0.25) is 0 Å². The van der Waals surface area contributed by atoms with Crippen molar-refractivity contribution in [3.63, 3.8) is 0 Å². The molecule has 1 atom stereocenters. The summed E-state index contributed by atoms with van der Waals surface area (Å²) >= 11 is 3.45. The lowest BCUT2D eigenvalue weighted by molar-refractivity contribution is -0.134. The van der Waals surface area contributed by atoms with Gasteiger partial charge in [-0.15, -0.1) is 11.3 Å². The van der Waals surface area contributed by atoms with Gasteiger partial charge in [-0.2, -0.15) is 11.8 Å². The molecule has 1 aromatic rings. The zero-order chi connectivity index (χ0) is 15.8. The lowest BCUT2D eigenvalue weighted by atomic mass is 10.1. The molecule has 7 heteroatoms. The van der Waals surface area contributed by atoms with Gasteiger partial charge in [0, 0.05) is 31.1 Å². The van der Waals surface area contributed by atoms with Crippen molar-refractivity contribution in [3.05, 3.63) is 22.4 Å².